The average molecular weight is 406 g/mol. The van der Waals surface area contributed by atoms with Crippen molar-refractivity contribution in [2.45, 2.75) is 42.4 Å². The third-order valence-corrected chi connectivity index (χ3v) is 6.18. The number of carbonyl (C=O) groups excluding carboxylic acids is 1. The maximum atomic E-state index is 13.8. The summed E-state index contributed by atoms with van der Waals surface area (Å²) in [4.78, 5) is 13.1. The largest absolute Gasteiger partial charge is 0.495 e. The fourth-order valence-corrected chi connectivity index (χ4v) is 4.54. The number of halogens is 1. The predicted octanol–water partition coefficient (Wildman–Crippen LogP) is 3.32. The first-order chi connectivity index (χ1) is 13.3. The topological polar surface area (TPSA) is 98.5 Å². The molecule has 0 saturated heterocycles. The van der Waals surface area contributed by atoms with Gasteiger partial charge in [0, 0.05) is 5.69 Å². The summed E-state index contributed by atoms with van der Waals surface area (Å²) in [6.45, 7) is 0. The number of ether oxygens (including phenoxy) is 1. The Bertz CT molecular complexity index is 985. The number of carbonyl (C=O) groups is 1. The molecule has 150 valence electrons. The van der Waals surface area contributed by atoms with Crippen LogP contribution < -0.4 is 15.2 Å². The zero-order valence-electron chi connectivity index (χ0n) is 15.6. The second-order valence-corrected chi connectivity index (χ2v) is 8.55. The van der Waals surface area contributed by atoms with E-state index in [0.29, 0.717) is 18.4 Å². The second-order valence-electron chi connectivity index (χ2n) is 7.02. The number of sulfonamides is 1. The van der Waals surface area contributed by atoms with Crippen LogP contribution in [-0.2, 0) is 20.2 Å². The number of benzene rings is 2. The Labute approximate surface area is 163 Å². The van der Waals surface area contributed by atoms with Gasteiger partial charge in [-0.2, -0.15) is 0 Å². The van der Waals surface area contributed by atoms with Crippen LogP contribution in [-0.4, -0.2) is 21.4 Å². The van der Waals surface area contributed by atoms with E-state index in [0.717, 1.165) is 19.3 Å². The molecule has 0 bridgehead atoms. The van der Waals surface area contributed by atoms with Crippen molar-refractivity contribution in [1.82, 2.24) is 0 Å². The number of anilines is 1. The van der Waals surface area contributed by atoms with E-state index < -0.39 is 21.3 Å². The molecule has 1 fully saturated rings. The van der Waals surface area contributed by atoms with Crippen molar-refractivity contribution < 1.29 is 22.3 Å². The maximum Gasteiger partial charge on any atom is 0.241 e. The summed E-state index contributed by atoms with van der Waals surface area (Å²) in [5.74, 6) is -0.586. The monoisotopic (exact) mass is 406 g/mol. The van der Waals surface area contributed by atoms with Crippen LogP contribution >= 0.6 is 0 Å². The number of methoxy groups -OCH3 is 1. The Morgan fingerprint density at radius 1 is 1.14 bits per heavy atom. The first kappa shape index (κ1) is 20.3. The first-order valence-corrected chi connectivity index (χ1v) is 10.6. The molecule has 0 heterocycles. The molecule has 1 aliphatic carbocycles. The van der Waals surface area contributed by atoms with Crippen molar-refractivity contribution in [2.75, 3.05) is 12.4 Å². The molecule has 3 rings (SSSR count). The number of rotatable bonds is 5. The lowest BCUT2D eigenvalue weighted by Gasteiger charge is -2.36. The van der Waals surface area contributed by atoms with Crippen molar-refractivity contribution in [3.05, 3.63) is 53.8 Å². The summed E-state index contributed by atoms with van der Waals surface area (Å²) in [7, 11) is -2.69. The molecular weight excluding hydrogens is 383 g/mol. The number of nitrogens with one attached hydrogen (secondary N) is 1. The SMILES string of the molecule is COc1ccc(NC(=O)C2(c3cccc(F)c3)CCCCC2)cc1S(N)(=O)=O. The van der Waals surface area contributed by atoms with Crippen LogP contribution in [0.1, 0.15) is 37.7 Å². The number of hydrogen-bond acceptors (Lipinski definition) is 4. The van der Waals surface area contributed by atoms with Gasteiger partial charge < -0.3 is 10.1 Å². The minimum absolute atomic E-state index is 0.0954. The van der Waals surface area contributed by atoms with E-state index in [-0.39, 0.29) is 22.2 Å². The number of primary sulfonamides is 1. The number of nitrogens with two attached hydrogens (primary N) is 1. The second kappa shape index (κ2) is 7.89. The summed E-state index contributed by atoms with van der Waals surface area (Å²) < 4.78 is 42.5. The Balaban J connectivity index is 1.97. The van der Waals surface area contributed by atoms with Gasteiger partial charge in [-0.1, -0.05) is 31.4 Å². The van der Waals surface area contributed by atoms with Crippen LogP contribution in [0.15, 0.2) is 47.4 Å². The summed E-state index contributed by atoms with van der Waals surface area (Å²) in [6.07, 6.45) is 3.92. The van der Waals surface area contributed by atoms with E-state index in [9.17, 15) is 17.6 Å². The van der Waals surface area contributed by atoms with Crippen molar-refractivity contribution in [2.24, 2.45) is 5.14 Å². The van der Waals surface area contributed by atoms with Gasteiger partial charge in [0.05, 0.1) is 12.5 Å². The molecule has 28 heavy (non-hydrogen) atoms. The molecule has 0 aliphatic heterocycles. The fourth-order valence-electron chi connectivity index (χ4n) is 3.82. The molecule has 0 radical (unpaired) electrons. The van der Waals surface area contributed by atoms with E-state index in [1.54, 1.807) is 18.2 Å². The van der Waals surface area contributed by atoms with Crippen molar-refractivity contribution in [1.29, 1.82) is 0 Å². The molecule has 0 unspecified atom stereocenters. The lowest BCUT2D eigenvalue weighted by molar-refractivity contribution is -0.122. The maximum absolute atomic E-state index is 13.8. The number of amides is 1. The molecular formula is C20H23FN2O4S. The van der Waals surface area contributed by atoms with Gasteiger partial charge in [0.25, 0.3) is 0 Å². The molecule has 6 nitrogen and oxygen atoms in total. The smallest absolute Gasteiger partial charge is 0.241 e. The van der Waals surface area contributed by atoms with Gasteiger partial charge in [0.1, 0.15) is 16.5 Å². The standard InChI is InChI=1S/C20H23FN2O4S/c1-27-17-9-8-16(13-18(17)28(22,25)26)23-19(24)20(10-3-2-4-11-20)14-6-5-7-15(21)12-14/h5-9,12-13H,2-4,10-11H2,1H3,(H,23,24)(H2,22,25,26). The van der Waals surface area contributed by atoms with Crippen LogP contribution in [0.2, 0.25) is 0 Å². The van der Waals surface area contributed by atoms with Gasteiger partial charge >= 0.3 is 0 Å². The summed E-state index contributed by atoms with van der Waals surface area (Å²) in [5.41, 5.74) is 0.0585. The van der Waals surface area contributed by atoms with E-state index in [1.165, 1.54) is 31.4 Å². The highest BCUT2D eigenvalue weighted by Gasteiger charge is 2.41. The highest BCUT2D eigenvalue weighted by atomic mass is 32.2. The summed E-state index contributed by atoms with van der Waals surface area (Å²) in [6, 6.07) is 10.4. The van der Waals surface area contributed by atoms with E-state index in [2.05, 4.69) is 5.32 Å². The highest BCUT2D eigenvalue weighted by Crippen LogP contribution is 2.41. The Kier molecular flexibility index (Phi) is 5.71. The minimum atomic E-state index is -4.03. The van der Waals surface area contributed by atoms with Crippen LogP contribution in [0, 0.1) is 5.82 Å². The summed E-state index contributed by atoms with van der Waals surface area (Å²) in [5, 5.41) is 8.04. The fraction of sp³-hybridized carbons (Fsp3) is 0.350. The molecule has 2 aromatic rings. The minimum Gasteiger partial charge on any atom is -0.495 e. The Hall–Kier alpha value is -2.45. The lowest BCUT2D eigenvalue weighted by atomic mass is 9.68. The van der Waals surface area contributed by atoms with E-state index in [1.807, 2.05) is 0 Å². The molecule has 3 N–H and O–H groups in total. The van der Waals surface area contributed by atoms with Gasteiger partial charge in [0.2, 0.25) is 15.9 Å². The van der Waals surface area contributed by atoms with Gasteiger partial charge in [-0.3, -0.25) is 4.79 Å². The quantitative estimate of drug-likeness (QED) is 0.796. The molecule has 1 amide bonds. The zero-order chi connectivity index (χ0) is 20.4. The first-order valence-electron chi connectivity index (χ1n) is 9.05. The molecule has 1 saturated carbocycles. The van der Waals surface area contributed by atoms with Crippen molar-refractivity contribution in [3.63, 3.8) is 0 Å². The van der Waals surface area contributed by atoms with Crippen LogP contribution in [0.3, 0.4) is 0 Å². The zero-order valence-corrected chi connectivity index (χ0v) is 16.4. The normalized spacial score (nSPS) is 16.4. The van der Waals surface area contributed by atoms with Gasteiger partial charge in [-0.05, 0) is 48.7 Å². The Morgan fingerprint density at radius 3 is 2.46 bits per heavy atom. The van der Waals surface area contributed by atoms with E-state index in [4.69, 9.17) is 9.88 Å². The van der Waals surface area contributed by atoms with Gasteiger partial charge in [-0.15, -0.1) is 0 Å². The third-order valence-electron chi connectivity index (χ3n) is 5.25. The number of hydrogen-bond donors (Lipinski definition) is 2. The van der Waals surface area contributed by atoms with Crippen LogP contribution in [0.5, 0.6) is 5.75 Å². The highest BCUT2D eigenvalue weighted by molar-refractivity contribution is 7.89. The molecule has 0 aromatic heterocycles. The molecule has 0 atom stereocenters. The van der Waals surface area contributed by atoms with Crippen molar-refractivity contribution in [3.8, 4) is 5.75 Å². The predicted molar refractivity (Wildman–Crippen MR) is 104 cm³/mol. The van der Waals surface area contributed by atoms with Crippen LogP contribution in [0.4, 0.5) is 10.1 Å². The average Bonchev–Trinajstić information content (AvgIpc) is 2.67. The molecule has 8 heteroatoms. The lowest BCUT2D eigenvalue weighted by Crippen LogP contribution is -2.42. The van der Waals surface area contributed by atoms with Gasteiger partial charge in [0.15, 0.2) is 0 Å². The van der Waals surface area contributed by atoms with E-state index >= 15 is 0 Å². The molecule has 1 aliphatic rings. The molecule has 0 spiro atoms. The Morgan fingerprint density at radius 2 is 1.86 bits per heavy atom. The third kappa shape index (κ3) is 4.02. The van der Waals surface area contributed by atoms with Gasteiger partial charge in [-0.25, -0.2) is 17.9 Å². The molecule has 2 aromatic carbocycles. The van der Waals surface area contributed by atoms with Crippen molar-refractivity contribution >= 4 is 21.6 Å². The summed E-state index contributed by atoms with van der Waals surface area (Å²) >= 11 is 0. The van der Waals surface area contributed by atoms with Crippen LogP contribution in [0.25, 0.3) is 0 Å².